The van der Waals surface area contributed by atoms with Gasteiger partial charge in [-0.1, -0.05) is 64.8 Å². The zero-order valence-electron chi connectivity index (χ0n) is 14.6. The number of thiazole rings is 1. The smallest absolute Gasteiger partial charge is 0.263 e. The number of hydrogen-bond acceptors (Lipinski definition) is 5. The first-order valence-electron chi connectivity index (χ1n) is 8.27. The third-order valence-corrected chi connectivity index (χ3v) is 5.47. The number of aromatic nitrogens is 2. The standard InChI is InChI=1S/C20H13Cl2N3O2S/c1-11-16(18(25-27-11)17-13(21)8-5-9-14(17)22)19(26)24-20-23-15(10-28-20)12-6-3-2-4-7-12/h2-10H,1H3,(H,23,24,26). The van der Waals surface area contributed by atoms with E-state index in [0.29, 0.717) is 32.2 Å². The Labute approximate surface area is 174 Å². The van der Waals surface area contributed by atoms with Crippen LogP contribution in [0.2, 0.25) is 10.0 Å². The second-order valence-electron chi connectivity index (χ2n) is 5.92. The van der Waals surface area contributed by atoms with Crippen LogP contribution in [-0.2, 0) is 0 Å². The maximum absolute atomic E-state index is 12.9. The van der Waals surface area contributed by atoms with Crippen molar-refractivity contribution in [2.45, 2.75) is 6.92 Å². The highest BCUT2D eigenvalue weighted by Gasteiger charge is 2.25. The summed E-state index contributed by atoms with van der Waals surface area (Å²) in [4.78, 5) is 17.4. The van der Waals surface area contributed by atoms with Crippen molar-refractivity contribution in [1.29, 1.82) is 0 Å². The fraction of sp³-hybridized carbons (Fsp3) is 0.0500. The van der Waals surface area contributed by atoms with Gasteiger partial charge in [-0.25, -0.2) is 4.98 Å². The Morgan fingerprint density at radius 3 is 2.50 bits per heavy atom. The van der Waals surface area contributed by atoms with Gasteiger partial charge in [0, 0.05) is 16.5 Å². The maximum atomic E-state index is 12.9. The summed E-state index contributed by atoms with van der Waals surface area (Å²) >= 11 is 13.9. The quantitative estimate of drug-likeness (QED) is 0.411. The Balaban J connectivity index is 1.65. The van der Waals surface area contributed by atoms with Crippen LogP contribution in [0.4, 0.5) is 5.13 Å². The number of nitrogens with zero attached hydrogens (tertiary/aromatic N) is 2. The van der Waals surface area contributed by atoms with Crippen molar-refractivity contribution in [3.8, 4) is 22.5 Å². The van der Waals surface area contributed by atoms with E-state index in [1.807, 2.05) is 35.7 Å². The molecule has 0 saturated carbocycles. The Kier molecular flexibility index (Phi) is 5.17. The van der Waals surface area contributed by atoms with Gasteiger partial charge in [-0.15, -0.1) is 11.3 Å². The number of benzene rings is 2. The minimum atomic E-state index is -0.390. The van der Waals surface area contributed by atoms with Gasteiger partial charge in [0.2, 0.25) is 0 Å². The fourth-order valence-electron chi connectivity index (χ4n) is 2.77. The van der Waals surface area contributed by atoms with Crippen molar-refractivity contribution in [2.75, 3.05) is 5.32 Å². The number of carbonyl (C=O) groups excluding carboxylic acids is 1. The minimum absolute atomic E-state index is 0.270. The number of rotatable bonds is 4. The molecule has 0 aliphatic heterocycles. The largest absolute Gasteiger partial charge is 0.360 e. The van der Waals surface area contributed by atoms with E-state index in [1.54, 1.807) is 25.1 Å². The lowest BCUT2D eigenvalue weighted by molar-refractivity contribution is 0.102. The zero-order chi connectivity index (χ0) is 19.7. The Bertz CT molecular complexity index is 1140. The molecule has 2 aromatic carbocycles. The van der Waals surface area contributed by atoms with Gasteiger partial charge in [0.15, 0.2) is 5.13 Å². The van der Waals surface area contributed by atoms with E-state index in [0.717, 1.165) is 11.3 Å². The summed E-state index contributed by atoms with van der Waals surface area (Å²) in [6, 6.07) is 14.8. The lowest BCUT2D eigenvalue weighted by Crippen LogP contribution is -2.13. The second-order valence-corrected chi connectivity index (χ2v) is 7.59. The van der Waals surface area contributed by atoms with Crippen LogP contribution in [0.1, 0.15) is 16.1 Å². The van der Waals surface area contributed by atoms with Crippen molar-refractivity contribution in [3.05, 3.63) is 75.3 Å². The molecule has 0 radical (unpaired) electrons. The highest BCUT2D eigenvalue weighted by Crippen LogP contribution is 2.37. The van der Waals surface area contributed by atoms with E-state index < -0.39 is 5.91 Å². The second kappa shape index (κ2) is 7.75. The molecule has 2 heterocycles. The normalized spacial score (nSPS) is 10.8. The van der Waals surface area contributed by atoms with Gasteiger partial charge >= 0.3 is 0 Å². The molecule has 1 N–H and O–H groups in total. The molecule has 4 aromatic rings. The van der Waals surface area contributed by atoms with Crippen LogP contribution in [-0.4, -0.2) is 16.0 Å². The van der Waals surface area contributed by atoms with Crippen LogP contribution in [0.5, 0.6) is 0 Å². The average molecular weight is 430 g/mol. The highest BCUT2D eigenvalue weighted by atomic mass is 35.5. The zero-order valence-corrected chi connectivity index (χ0v) is 16.9. The van der Waals surface area contributed by atoms with E-state index in [2.05, 4.69) is 15.5 Å². The third-order valence-electron chi connectivity index (χ3n) is 4.08. The molecule has 2 aromatic heterocycles. The van der Waals surface area contributed by atoms with Gasteiger partial charge in [0.25, 0.3) is 5.91 Å². The van der Waals surface area contributed by atoms with Crippen LogP contribution < -0.4 is 5.32 Å². The summed E-state index contributed by atoms with van der Waals surface area (Å²) in [7, 11) is 0. The van der Waals surface area contributed by atoms with Crippen molar-refractivity contribution in [2.24, 2.45) is 0 Å². The lowest BCUT2D eigenvalue weighted by Gasteiger charge is -2.06. The van der Waals surface area contributed by atoms with Gasteiger partial charge in [0.1, 0.15) is 17.0 Å². The summed E-state index contributed by atoms with van der Waals surface area (Å²) in [6.07, 6.45) is 0. The molecule has 0 aliphatic rings. The van der Waals surface area contributed by atoms with E-state index in [-0.39, 0.29) is 5.56 Å². The number of anilines is 1. The van der Waals surface area contributed by atoms with Crippen molar-refractivity contribution in [3.63, 3.8) is 0 Å². The van der Waals surface area contributed by atoms with E-state index in [9.17, 15) is 4.79 Å². The fourth-order valence-corrected chi connectivity index (χ4v) is 4.06. The van der Waals surface area contributed by atoms with Crippen molar-refractivity contribution < 1.29 is 9.32 Å². The molecular weight excluding hydrogens is 417 g/mol. The first kappa shape index (κ1) is 18.7. The monoisotopic (exact) mass is 429 g/mol. The van der Waals surface area contributed by atoms with Crippen LogP contribution in [0, 0.1) is 6.92 Å². The Morgan fingerprint density at radius 1 is 1.07 bits per heavy atom. The van der Waals surface area contributed by atoms with Gasteiger partial charge in [-0.05, 0) is 19.1 Å². The molecule has 0 saturated heterocycles. The Hall–Kier alpha value is -2.67. The number of aryl methyl sites for hydroxylation is 1. The molecule has 8 heteroatoms. The molecule has 0 aliphatic carbocycles. The molecule has 0 unspecified atom stereocenters. The van der Waals surface area contributed by atoms with Crippen LogP contribution >= 0.6 is 34.5 Å². The molecule has 0 bridgehead atoms. The van der Waals surface area contributed by atoms with Gasteiger partial charge in [-0.2, -0.15) is 0 Å². The predicted octanol–water partition coefficient (Wildman–Crippen LogP) is 6.33. The summed E-state index contributed by atoms with van der Waals surface area (Å²) in [6.45, 7) is 1.66. The molecule has 4 rings (SSSR count). The minimum Gasteiger partial charge on any atom is -0.360 e. The number of halogens is 2. The lowest BCUT2D eigenvalue weighted by atomic mass is 10.1. The van der Waals surface area contributed by atoms with Gasteiger partial charge < -0.3 is 4.52 Å². The third kappa shape index (κ3) is 3.54. The molecule has 0 spiro atoms. The van der Waals surface area contributed by atoms with Crippen LogP contribution in [0.3, 0.4) is 0 Å². The molecular formula is C20H13Cl2N3O2S. The molecule has 0 fully saturated rings. The van der Waals surface area contributed by atoms with E-state index >= 15 is 0 Å². The van der Waals surface area contributed by atoms with Crippen LogP contribution in [0.15, 0.2) is 58.4 Å². The van der Waals surface area contributed by atoms with Gasteiger partial charge in [-0.3, -0.25) is 10.1 Å². The molecule has 0 atom stereocenters. The Morgan fingerprint density at radius 2 is 1.79 bits per heavy atom. The molecule has 140 valence electrons. The average Bonchev–Trinajstić information content (AvgIpc) is 3.29. The summed E-state index contributed by atoms with van der Waals surface area (Å²) in [5.41, 5.74) is 2.79. The topological polar surface area (TPSA) is 68.0 Å². The van der Waals surface area contributed by atoms with Crippen LogP contribution in [0.25, 0.3) is 22.5 Å². The van der Waals surface area contributed by atoms with Gasteiger partial charge in [0.05, 0.1) is 15.7 Å². The number of carbonyl (C=O) groups is 1. The van der Waals surface area contributed by atoms with E-state index in [4.69, 9.17) is 27.7 Å². The summed E-state index contributed by atoms with van der Waals surface area (Å²) < 4.78 is 5.25. The molecule has 1 amide bonds. The van der Waals surface area contributed by atoms with Crippen molar-refractivity contribution >= 4 is 45.6 Å². The summed E-state index contributed by atoms with van der Waals surface area (Å²) in [5.74, 6) is -0.0259. The summed E-state index contributed by atoms with van der Waals surface area (Å²) in [5, 5.41) is 9.94. The number of hydrogen-bond donors (Lipinski definition) is 1. The SMILES string of the molecule is Cc1onc(-c2c(Cl)cccc2Cl)c1C(=O)Nc1nc(-c2ccccc2)cs1. The number of nitrogens with one attached hydrogen (secondary N) is 1. The first-order chi connectivity index (χ1) is 13.5. The molecule has 28 heavy (non-hydrogen) atoms. The first-order valence-corrected chi connectivity index (χ1v) is 9.91. The molecule has 5 nitrogen and oxygen atoms in total. The predicted molar refractivity (Wildman–Crippen MR) is 112 cm³/mol. The number of amides is 1. The van der Waals surface area contributed by atoms with Crippen molar-refractivity contribution in [1.82, 2.24) is 10.1 Å². The maximum Gasteiger partial charge on any atom is 0.263 e. The highest BCUT2D eigenvalue weighted by molar-refractivity contribution is 7.14. The van der Waals surface area contributed by atoms with E-state index in [1.165, 1.54) is 11.3 Å².